The maximum Gasteiger partial charge on any atom is 0.189 e. The summed E-state index contributed by atoms with van der Waals surface area (Å²) in [4.78, 5) is 12.9. The van der Waals surface area contributed by atoms with Gasteiger partial charge in [-0.05, 0) is 12.8 Å². The second-order valence-electron chi connectivity index (χ2n) is 3.98. The highest BCUT2D eigenvalue weighted by atomic mass is 19.1. The number of hydrogen-bond donors (Lipinski definition) is 1. The summed E-state index contributed by atoms with van der Waals surface area (Å²) in [5.74, 6) is 0.0199. The summed E-state index contributed by atoms with van der Waals surface area (Å²) in [6.07, 6.45) is 2.83. The number of anilines is 1. The summed E-state index contributed by atoms with van der Waals surface area (Å²) < 4.78 is 18.9. The molecule has 0 bridgehead atoms. The van der Waals surface area contributed by atoms with E-state index in [1.165, 1.54) is 6.33 Å². The second kappa shape index (κ2) is 5.88. The van der Waals surface area contributed by atoms with E-state index in [0.29, 0.717) is 31.2 Å². The number of rotatable bonds is 5. The van der Waals surface area contributed by atoms with Crippen molar-refractivity contribution in [2.75, 3.05) is 25.3 Å². The van der Waals surface area contributed by atoms with Gasteiger partial charge in [0.15, 0.2) is 11.6 Å². The Morgan fingerprint density at radius 3 is 3.18 bits per heavy atom. The fourth-order valence-corrected chi connectivity index (χ4v) is 1.67. The monoisotopic (exact) mass is 241 g/mol. The molecule has 1 aliphatic rings. The first-order chi connectivity index (χ1) is 8.31. The van der Waals surface area contributed by atoms with Crippen molar-refractivity contribution in [1.82, 2.24) is 9.97 Å². The average molecular weight is 241 g/mol. The Hall–Kier alpha value is -1.27. The number of halogens is 1. The van der Waals surface area contributed by atoms with Crippen molar-refractivity contribution in [2.24, 2.45) is 5.92 Å². The van der Waals surface area contributed by atoms with Gasteiger partial charge in [-0.3, -0.25) is 4.84 Å². The Morgan fingerprint density at radius 2 is 2.47 bits per heavy atom. The van der Waals surface area contributed by atoms with Crippen molar-refractivity contribution in [1.29, 1.82) is 0 Å². The molecule has 1 saturated heterocycles. The SMILES string of the molecule is CCc1ncnc(NOCC2CCOC2)c1F. The van der Waals surface area contributed by atoms with Crippen molar-refractivity contribution in [3.8, 4) is 0 Å². The van der Waals surface area contributed by atoms with E-state index in [1.807, 2.05) is 6.92 Å². The fraction of sp³-hybridized carbons (Fsp3) is 0.636. The van der Waals surface area contributed by atoms with Gasteiger partial charge in [-0.15, -0.1) is 0 Å². The molecule has 2 rings (SSSR count). The van der Waals surface area contributed by atoms with E-state index in [1.54, 1.807) is 0 Å². The van der Waals surface area contributed by atoms with Gasteiger partial charge in [-0.25, -0.2) is 19.8 Å². The second-order valence-corrected chi connectivity index (χ2v) is 3.98. The van der Waals surface area contributed by atoms with Crippen LogP contribution in [0.25, 0.3) is 0 Å². The van der Waals surface area contributed by atoms with Gasteiger partial charge in [0.2, 0.25) is 0 Å². The molecule has 1 fully saturated rings. The van der Waals surface area contributed by atoms with E-state index in [-0.39, 0.29) is 5.82 Å². The summed E-state index contributed by atoms with van der Waals surface area (Å²) in [6, 6.07) is 0. The van der Waals surface area contributed by atoms with Gasteiger partial charge in [-0.1, -0.05) is 6.92 Å². The summed E-state index contributed by atoms with van der Waals surface area (Å²) >= 11 is 0. The molecular formula is C11H16FN3O2. The maximum atomic E-state index is 13.7. The van der Waals surface area contributed by atoms with Gasteiger partial charge < -0.3 is 4.74 Å². The molecule has 1 aliphatic heterocycles. The summed E-state index contributed by atoms with van der Waals surface area (Å²) in [6.45, 7) is 3.81. The molecule has 0 radical (unpaired) electrons. The van der Waals surface area contributed by atoms with Gasteiger partial charge in [0, 0.05) is 12.5 Å². The minimum Gasteiger partial charge on any atom is -0.381 e. The molecule has 1 N–H and O–H groups in total. The predicted molar refractivity (Wildman–Crippen MR) is 59.9 cm³/mol. The first-order valence-electron chi connectivity index (χ1n) is 5.76. The lowest BCUT2D eigenvalue weighted by molar-refractivity contribution is 0.125. The van der Waals surface area contributed by atoms with Crippen molar-refractivity contribution >= 4 is 5.82 Å². The van der Waals surface area contributed by atoms with E-state index in [0.717, 1.165) is 13.0 Å². The smallest absolute Gasteiger partial charge is 0.189 e. The molecular weight excluding hydrogens is 225 g/mol. The normalized spacial score (nSPS) is 19.5. The maximum absolute atomic E-state index is 13.7. The zero-order chi connectivity index (χ0) is 12.1. The Kier molecular flexibility index (Phi) is 4.22. The molecule has 0 aromatic carbocycles. The number of nitrogens with one attached hydrogen (secondary N) is 1. The highest BCUT2D eigenvalue weighted by molar-refractivity contribution is 5.34. The summed E-state index contributed by atoms with van der Waals surface area (Å²) in [5.41, 5.74) is 2.92. The third kappa shape index (κ3) is 3.10. The third-order valence-electron chi connectivity index (χ3n) is 2.71. The average Bonchev–Trinajstić information content (AvgIpc) is 2.84. The molecule has 1 atom stereocenters. The van der Waals surface area contributed by atoms with Crippen molar-refractivity contribution in [2.45, 2.75) is 19.8 Å². The van der Waals surface area contributed by atoms with E-state index in [4.69, 9.17) is 9.57 Å². The van der Waals surface area contributed by atoms with Crippen LogP contribution in [0.4, 0.5) is 10.2 Å². The predicted octanol–water partition coefficient (Wildman–Crippen LogP) is 1.56. The van der Waals surface area contributed by atoms with Crippen LogP contribution >= 0.6 is 0 Å². The molecule has 17 heavy (non-hydrogen) atoms. The quantitative estimate of drug-likeness (QED) is 0.793. The van der Waals surface area contributed by atoms with Crippen LogP contribution in [0.3, 0.4) is 0 Å². The number of ether oxygens (including phenoxy) is 1. The van der Waals surface area contributed by atoms with Crippen LogP contribution in [0.1, 0.15) is 19.0 Å². The van der Waals surface area contributed by atoms with Crippen LogP contribution in [0.5, 0.6) is 0 Å². The first kappa shape index (κ1) is 12.2. The highest BCUT2D eigenvalue weighted by Gasteiger charge is 2.16. The van der Waals surface area contributed by atoms with Crippen LogP contribution in [0, 0.1) is 11.7 Å². The molecule has 2 heterocycles. The molecule has 0 saturated carbocycles. The van der Waals surface area contributed by atoms with Crippen LogP contribution in [0.15, 0.2) is 6.33 Å². The van der Waals surface area contributed by atoms with Crippen LogP contribution in [-0.4, -0.2) is 29.8 Å². The Balaban J connectivity index is 1.85. The molecule has 1 aromatic rings. The van der Waals surface area contributed by atoms with E-state index < -0.39 is 5.82 Å². The number of aromatic nitrogens is 2. The minimum absolute atomic E-state index is 0.0933. The standard InChI is InChI=1S/C11H16FN3O2/c1-2-9-10(12)11(14-7-13-9)15-17-6-8-3-4-16-5-8/h7-8H,2-6H2,1H3,(H,13,14,15). The lowest BCUT2D eigenvalue weighted by Crippen LogP contribution is -2.15. The van der Waals surface area contributed by atoms with Gasteiger partial charge in [0.25, 0.3) is 0 Å². The fourth-order valence-electron chi connectivity index (χ4n) is 1.67. The van der Waals surface area contributed by atoms with E-state index in [9.17, 15) is 4.39 Å². The molecule has 0 amide bonds. The highest BCUT2D eigenvalue weighted by Crippen LogP contribution is 2.15. The van der Waals surface area contributed by atoms with Crippen LogP contribution in [0.2, 0.25) is 0 Å². The van der Waals surface area contributed by atoms with Crippen LogP contribution in [-0.2, 0) is 16.0 Å². The zero-order valence-electron chi connectivity index (χ0n) is 9.78. The molecule has 94 valence electrons. The van der Waals surface area contributed by atoms with Crippen LogP contribution < -0.4 is 5.48 Å². The molecule has 5 nitrogen and oxygen atoms in total. The summed E-state index contributed by atoms with van der Waals surface area (Å²) in [7, 11) is 0. The van der Waals surface area contributed by atoms with Crippen molar-refractivity contribution < 1.29 is 14.0 Å². The van der Waals surface area contributed by atoms with E-state index >= 15 is 0 Å². The third-order valence-corrected chi connectivity index (χ3v) is 2.71. The number of nitrogens with zero attached hydrogens (tertiary/aromatic N) is 2. The van der Waals surface area contributed by atoms with Crippen molar-refractivity contribution in [3.63, 3.8) is 0 Å². The summed E-state index contributed by atoms with van der Waals surface area (Å²) in [5, 5.41) is 0. The lowest BCUT2D eigenvalue weighted by Gasteiger charge is -2.10. The van der Waals surface area contributed by atoms with Crippen molar-refractivity contribution in [3.05, 3.63) is 17.8 Å². The molecule has 0 aliphatic carbocycles. The topological polar surface area (TPSA) is 56.3 Å². The Labute approximate surface area is 99.3 Å². The number of hydrogen-bond acceptors (Lipinski definition) is 5. The van der Waals surface area contributed by atoms with Gasteiger partial charge in [-0.2, -0.15) is 0 Å². The Morgan fingerprint density at radius 1 is 1.59 bits per heavy atom. The van der Waals surface area contributed by atoms with Gasteiger partial charge in [0.05, 0.1) is 18.9 Å². The molecule has 1 unspecified atom stereocenters. The van der Waals surface area contributed by atoms with E-state index in [2.05, 4.69) is 15.4 Å². The lowest BCUT2D eigenvalue weighted by atomic mass is 10.1. The first-order valence-corrected chi connectivity index (χ1v) is 5.76. The van der Waals surface area contributed by atoms with Gasteiger partial charge in [0.1, 0.15) is 6.33 Å². The Bertz CT molecular complexity index is 370. The minimum atomic E-state index is -0.447. The molecule has 1 aromatic heterocycles. The largest absolute Gasteiger partial charge is 0.381 e. The molecule has 6 heteroatoms. The van der Waals surface area contributed by atoms with Gasteiger partial charge >= 0.3 is 0 Å². The number of aryl methyl sites for hydroxylation is 1. The molecule has 0 spiro atoms. The zero-order valence-corrected chi connectivity index (χ0v) is 9.78.